The second-order valence-corrected chi connectivity index (χ2v) is 6.75. The van der Waals surface area contributed by atoms with Crippen LogP contribution in [0.1, 0.15) is 20.7 Å². The lowest BCUT2D eigenvalue weighted by molar-refractivity contribution is 0.101. The van der Waals surface area contributed by atoms with Gasteiger partial charge in [0.2, 0.25) is 0 Å². The normalized spacial score (nSPS) is 10.7. The summed E-state index contributed by atoms with van der Waals surface area (Å²) in [4.78, 5) is 32.6. The van der Waals surface area contributed by atoms with Crippen molar-refractivity contribution in [3.8, 4) is 0 Å². The SMILES string of the molecule is O=C(Nc1ccc2[nH]nc(NC(=O)c3ccnc(Cl)c3)c2c1)c1ccnc(Cl)c1. The van der Waals surface area contributed by atoms with Gasteiger partial charge >= 0.3 is 0 Å². The van der Waals surface area contributed by atoms with Gasteiger partial charge in [-0.15, -0.1) is 0 Å². The molecule has 2 amide bonds. The lowest BCUT2D eigenvalue weighted by atomic mass is 10.2. The van der Waals surface area contributed by atoms with E-state index in [9.17, 15) is 9.59 Å². The number of carbonyl (C=O) groups excluding carboxylic acids is 2. The third-order valence-corrected chi connectivity index (χ3v) is 4.44. The smallest absolute Gasteiger partial charge is 0.257 e. The summed E-state index contributed by atoms with van der Waals surface area (Å²) in [7, 11) is 0. The Hall–Kier alpha value is -3.49. The zero-order chi connectivity index (χ0) is 20.4. The van der Waals surface area contributed by atoms with Crippen LogP contribution in [-0.2, 0) is 0 Å². The Bertz CT molecular complexity index is 1240. The number of nitrogens with zero attached hydrogens (tertiary/aromatic N) is 3. The molecule has 0 fully saturated rings. The van der Waals surface area contributed by atoms with Gasteiger partial charge in [0, 0.05) is 34.6 Å². The lowest BCUT2D eigenvalue weighted by Gasteiger charge is -2.07. The highest BCUT2D eigenvalue weighted by Gasteiger charge is 2.13. The van der Waals surface area contributed by atoms with E-state index in [1.54, 1.807) is 30.3 Å². The Morgan fingerprint density at radius 3 is 2.07 bits per heavy atom. The van der Waals surface area contributed by atoms with E-state index in [2.05, 4.69) is 30.8 Å². The maximum Gasteiger partial charge on any atom is 0.257 e. The molecule has 0 unspecified atom stereocenters. The number of halogens is 2. The van der Waals surface area contributed by atoms with Crippen LogP contribution in [0.5, 0.6) is 0 Å². The standard InChI is InChI=1S/C19H12Cl2N6O2/c20-15-7-10(3-5-22-15)18(28)24-12-1-2-14-13(9-12)17(27-26-14)25-19(29)11-4-6-23-16(21)8-11/h1-9H,(H,24,28)(H2,25,26,27,29). The molecule has 1 aromatic carbocycles. The third kappa shape index (κ3) is 4.18. The first-order valence-corrected chi connectivity index (χ1v) is 9.09. The minimum Gasteiger partial charge on any atom is -0.322 e. The van der Waals surface area contributed by atoms with Crippen molar-refractivity contribution in [2.24, 2.45) is 0 Å². The molecule has 4 rings (SSSR count). The number of aromatic nitrogens is 4. The van der Waals surface area contributed by atoms with Crippen molar-refractivity contribution >= 4 is 57.4 Å². The highest BCUT2D eigenvalue weighted by Crippen LogP contribution is 2.25. The maximum absolute atomic E-state index is 12.4. The molecule has 0 atom stereocenters. The number of hydrogen-bond acceptors (Lipinski definition) is 5. The zero-order valence-corrected chi connectivity index (χ0v) is 16.1. The second kappa shape index (κ2) is 7.86. The van der Waals surface area contributed by atoms with Crippen LogP contribution < -0.4 is 10.6 Å². The zero-order valence-electron chi connectivity index (χ0n) is 14.6. The molecule has 0 saturated heterocycles. The molecule has 0 aliphatic heterocycles. The van der Waals surface area contributed by atoms with Crippen molar-refractivity contribution < 1.29 is 9.59 Å². The summed E-state index contributed by atoms with van der Waals surface area (Å²) >= 11 is 11.7. The number of benzene rings is 1. The topological polar surface area (TPSA) is 113 Å². The van der Waals surface area contributed by atoms with E-state index in [1.165, 1.54) is 24.5 Å². The van der Waals surface area contributed by atoms with Gasteiger partial charge < -0.3 is 10.6 Å². The molecule has 3 heterocycles. The van der Waals surface area contributed by atoms with Crippen molar-refractivity contribution in [3.63, 3.8) is 0 Å². The van der Waals surface area contributed by atoms with E-state index in [1.807, 2.05) is 0 Å². The van der Waals surface area contributed by atoms with Crippen LogP contribution in [-0.4, -0.2) is 32.0 Å². The molecule has 8 nitrogen and oxygen atoms in total. The fraction of sp³-hybridized carbons (Fsp3) is 0. The molecule has 0 aliphatic rings. The summed E-state index contributed by atoms with van der Waals surface area (Å²) in [6.07, 6.45) is 2.90. The van der Waals surface area contributed by atoms with E-state index in [0.717, 1.165) is 0 Å². The minimum atomic E-state index is -0.386. The van der Waals surface area contributed by atoms with Gasteiger partial charge in [-0.1, -0.05) is 23.2 Å². The monoisotopic (exact) mass is 426 g/mol. The highest BCUT2D eigenvalue weighted by atomic mass is 35.5. The number of H-pyrrole nitrogens is 1. The van der Waals surface area contributed by atoms with E-state index < -0.39 is 0 Å². The first-order valence-electron chi connectivity index (χ1n) is 8.33. The van der Waals surface area contributed by atoms with E-state index >= 15 is 0 Å². The molecule has 0 aliphatic carbocycles. The van der Waals surface area contributed by atoms with Crippen LogP contribution in [0.2, 0.25) is 10.3 Å². The van der Waals surface area contributed by atoms with Gasteiger partial charge in [-0.25, -0.2) is 9.97 Å². The molecule has 3 aromatic heterocycles. The number of rotatable bonds is 4. The van der Waals surface area contributed by atoms with E-state index in [-0.39, 0.29) is 22.1 Å². The van der Waals surface area contributed by atoms with Crippen LogP contribution in [0.15, 0.2) is 54.9 Å². The molecule has 4 aromatic rings. The fourth-order valence-electron chi connectivity index (χ4n) is 2.66. The first kappa shape index (κ1) is 18.9. The van der Waals surface area contributed by atoms with Crippen molar-refractivity contribution in [1.82, 2.24) is 20.2 Å². The average molecular weight is 427 g/mol. The molecule has 0 bridgehead atoms. The minimum absolute atomic E-state index is 0.214. The molecule has 0 radical (unpaired) electrons. The highest BCUT2D eigenvalue weighted by molar-refractivity contribution is 6.30. The van der Waals surface area contributed by atoms with Crippen molar-refractivity contribution in [2.45, 2.75) is 0 Å². The Labute approximate surface area is 174 Å². The summed E-state index contributed by atoms with van der Waals surface area (Å²) in [5.74, 6) is -0.404. The van der Waals surface area contributed by atoms with Crippen LogP contribution in [0.25, 0.3) is 10.9 Å². The predicted molar refractivity (Wildman–Crippen MR) is 110 cm³/mol. The van der Waals surface area contributed by atoms with Crippen molar-refractivity contribution in [2.75, 3.05) is 10.6 Å². The molecule has 0 saturated carbocycles. The van der Waals surface area contributed by atoms with Gasteiger partial charge in [-0.3, -0.25) is 14.7 Å². The van der Waals surface area contributed by atoms with Gasteiger partial charge in [0.15, 0.2) is 5.82 Å². The second-order valence-electron chi connectivity index (χ2n) is 5.98. The number of fused-ring (bicyclic) bond motifs is 1. The maximum atomic E-state index is 12.4. The quantitative estimate of drug-likeness (QED) is 0.424. The Morgan fingerprint density at radius 2 is 1.45 bits per heavy atom. The number of aromatic amines is 1. The largest absolute Gasteiger partial charge is 0.322 e. The van der Waals surface area contributed by atoms with Gasteiger partial charge in [0.1, 0.15) is 10.3 Å². The first-order chi connectivity index (χ1) is 14.0. The summed E-state index contributed by atoms with van der Waals surface area (Å²) < 4.78 is 0. The summed E-state index contributed by atoms with van der Waals surface area (Å²) in [6.45, 7) is 0. The third-order valence-electron chi connectivity index (χ3n) is 4.03. The molecule has 3 N–H and O–H groups in total. The summed E-state index contributed by atoms with van der Waals surface area (Å²) in [5, 5.41) is 13.5. The van der Waals surface area contributed by atoms with Crippen LogP contribution in [0.3, 0.4) is 0 Å². The number of hydrogen-bond donors (Lipinski definition) is 3. The number of anilines is 2. The molecular weight excluding hydrogens is 415 g/mol. The fourth-order valence-corrected chi connectivity index (χ4v) is 3.01. The average Bonchev–Trinajstić information content (AvgIpc) is 3.10. The van der Waals surface area contributed by atoms with E-state index in [4.69, 9.17) is 23.2 Å². The van der Waals surface area contributed by atoms with E-state index in [0.29, 0.717) is 33.5 Å². The summed E-state index contributed by atoms with van der Waals surface area (Å²) in [6, 6.07) is 11.2. The number of carbonyl (C=O) groups is 2. The van der Waals surface area contributed by atoms with Gasteiger partial charge in [0.25, 0.3) is 11.8 Å². The Balaban J connectivity index is 1.57. The number of pyridine rings is 2. The van der Waals surface area contributed by atoms with Crippen LogP contribution >= 0.6 is 23.2 Å². The molecule has 29 heavy (non-hydrogen) atoms. The Kier molecular flexibility index (Phi) is 5.11. The molecular formula is C19H12Cl2N6O2. The predicted octanol–water partition coefficient (Wildman–Crippen LogP) is 4.16. The van der Waals surface area contributed by atoms with Crippen LogP contribution in [0.4, 0.5) is 11.5 Å². The van der Waals surface area contributed by atoms with Crippen molar-refractivity contribution in [1.29, 1.82) is 0 Å². The number of nitrogens with one attached hydrogen (secondary N) is 3. The molecule has 0 spiro atoms. The Morgan fingerprint density at radius 1 is 0.828 bits per heavy atom. The van der Waals surface area contributed by atoms with Crippen LogP contribution in [0, 0.1) is 0 Å². The summed E-state index contributed by atoms with van der Waals surface area (Å²) in [5.41, 5.74) is 1.94. The molecule has 144 valence electrons. The number of amides is 2. The lowest BCUT2D eigenvalue weighted by Crippen LogP contribution is -2.13. The van der Waals surface area contributed by atoms with Gasteiger partial charge in [-0.05, 0) is 42.5 Å². The molecule has 10 heteroatoms. The van der Waals surface area contributed by atoms with Gasteiger partial charge in [-0.2, -0.15) is 5.10 Å². The van der Waals surface area contributed by atoms with Crippen molar-refractivity contribution in [3.05, 3.63) is 76.3 Å². The van der Waals surface area contributed by atoms with Gasteiger partial charge in [0.05, 0.1) is 5.52 Å².